The largest absolute Gasteiger partial charge is 0.343 e. The number of fused-ring (bicyclic) bond motifs is 1. The second-order valence-corrected chi connectivity index (χ2v) is 6.81. The van der Waals surface area contributed by atoms with Gasteiger partial charge in [0.1, 0.15) is 17.7 Å². The molecule has 0 radical (unpaired) electrons. The standard InChI is InChI=1S/C16H28N6/c1-11(2)21(4)16-19-13-14(18-12-8-6-7-9-12)17-10-20(3)15(13)22(16)5/h10-12,14,18H,6-9H2,1-5H3. The van der Waals surface area contributed by atoms with Gasteiger partial charge >= 0.3 is 0 Å². The maximum Gasteiger partial charge on any atom is 0.207 e. The minimum absolute atomic E-state index is 0.0187. The van der Waals surface area contributed by atoms with Gasteiger partial charge in [0, 0.05) is 33.2 Å². The van der Waals surface area contributed by atoms with Gasteiger partial charge in [0.2, 0.25) is 5.95 Å². The van der Waals surface area contributed by atoms with Crippen molar-refractivity contribution >= 4 is 18.1 Å². The summed E-state index contributed by atoms with van der Waals surface area (Å²) >= 11 is 0. The van der Waals surface area contributed by atoms with Gasteiger partial charge in [-0.1, -0.05) is 12.8 Å². The maximum absolute atomic E-state index is 4.92. The Bertz CT molecular complexity index is 555. The van der Waals surface area contributed by atoms with E-state index >= 15 is 0 Å². The van der Waals surface area contributed by atoms with E-state index in [2.05, 4.69) is 52.6 Å². The minimum Gasteiger partial charge on any atom is -0.343 e. The van der Waals surface area contributed by atoms with Crippen molar-refractivity contribution < 1.29 is 0 Å². The highest BCUT2D eigenvalue weighted by Gasteiger charge is 2.30. The van der Waals surface area contributed by atoms with Gasteiger partial charge in [-0.3, -0.25) is 9.88 Å². The highest BCUT2D eigenvalue weighted by atomic mass is 15.4. The molecule has 6 heteroatoms. The first kappa shape index (κ1) is 15.3. The van der Waals surface area contributed by atoms with E-state index in [-0.39, 0.29) is 6.17 Å². The third-order valence-corrected chi connectivity index (χ3v) is 4.89. The summed E-state index contributed by atoms with van der Waals surface area (Å²) in [7, 11) is 6.22. The monoisotopic (exact) mass is 304 g/mol. The summed E-state index contributed by atoms with van der Waals surface area (Å²) in [5.41, 5.74) is 1.04. The summed E-state index contributed by atoms with van der Waals surface area (Å²) in [5.74, 6) is 2.13. The highest BCUT2D eigenvalue weighted by Crippen LogP contribution is 2.34. The summed E-state index contributed by atoms with van der Waals surface area (Å²) in [5, 5.41) is 3.68. The van der Waals surface area contributed by atoms with E-state index in [0.29, 0.717) is 12.1 Å². The van der Waals surface area contributed by atoms with Crippen LogP contribution in [0.4, 0.5) is 11.8 Å². The van der Waals surface area contributed by atoms with Crippen LogP contribution < -0.4 is 15.1 Å². The summed E-state index contributed by atoms with van der Waals surface area (Å²) in [6.07, 6.45) is 7.05. The van der Waals surface area contributed by atoms with Crippen LogP contribution in [-0.2, 0) is 7.05 Å². The van der Waals surface area contributed by atoms with Crippen LogP contribution in [-0.4, -0.2) is 42.1 Å². The van der Waals surface area contributed by atoms with Crippen LogP contribution in [0.25, 0.3) is 0 Å². The van der Waals surface area contributed by atoms with Gasteiger partial charge in [0.15, 0.2) is 0 Å². The fourth-order valence-electron chi connectivity index (χ4n) is 3.38. The van der Waals surface area contributed by atoms with Crippen LogP contribution in [0.15, 0.2) is 4.99 Å². The second kappa shape index (κ2) is 5.91. The highest BCUT2D eigenvalue weighted by molar-refractivity contribution is 5.81. The number of aliphatic imine (C=N–C) groups is 1. The van der Waals surface area contributed by atoms with E-state index in [1.54, 1.807) is 0 Å². The van der Waals surface area contributed by atoms with Crippen LogP contribution in [0.5, 0.6) is 0 Å². The van der Waals surface area contributed by atoms with E-state index < -0.39 is 0 Å². The van der Waals surface area contributed by atoms with Crippen LogP contribution >= 0.6 is 0 Å². The smallest absolute Gasteiger partial charge is 0.207 e. The Morgan fingerprint density at radius 2 is 1.95 bits per heavy atom. The van der Waals surface area contributed by atoms with Crippen LogP contribution in [0.3, 0.4) is 0 Å². The van der Waals surface area contributed by atoms with Gasteiger partial charge in [-0.05, 0) is 26.7 Å². The summed E-state index contributed by atoms with van der Waals surface area (Å²) in [6.45, 7) is 4.37. The van der Waals surface area contributed by atoms with E-state index in [9.17, 15) is 0 Å². The number of imidazole rings is 1. The van der Waals surface area contributed by atoms with Crippen molar-refractivity contribution in [2.24, 2.45) is 12.0 Å². The maximum atomic E-state index is 4.92. The third kappa shape index (κ3) is 2.60. The van der Waals surface area contributed by atoms with Crippen molar-refractivity contribution in [3.63, 3.8) is 0 Å². The first-order valence-electron chi connectivity index (χ1n) is 8.30. The average molecular weight is 304 g/mol. The van der Waals surface area contributed by atoms with Gasteiger partial charge < -0.3 is 9.80 Å². The van der Waals surface area contributed by atoms with Gasteiger partial charge in [0.25, 0.3) is 0 Å². The second-order valence-electron chi connectivity index (χ2n) is 6.81. The number of nitrogens with zero attached hydrogens (tertiary/aromatic N) is 5. The molecule has 1 aromatic heterocycles. The molecule has 0 saturated heterocycles. The molecular weight excluding hydrogens is 276 g/mol. The molecule has 3 rings (SSSR count). The molecule has 0 amide bonds. The van der Waals surface area contributed by atoms with E-state index in [1.807, 2.05) is 13.4 Å². The topological polar surface area (TPSA) is 48.7 Å². The molecule has 1 aromatic rings. The molecule has 6 nitrogen and oxygen atoms in total. The molecule has 1 N–H and O–H groups in total. The fourth-order valence-corrected chi connectivity index (χ4v) is 3.38. The number of aromatic nitrogens is 2. The average Bonchev–Trinajstić information content (AvgIpc) is 3.09. The molecule has 1 aliphatic carbocycles. The molecule has 22 heavy (non-hydrogen) atoms. The number of anilines is 2. The Balaban J connectivity index is 1.92. The molecule has 1 fully saturated rings. The molecule has 2 aliphatic rings. The van der Waals surface area contributed by atoms with Crippen molar-refractivity contribution in [2.45, 2.75) is 57.8 Å². The van der Waals surface area contributed by atoms with Gasteiger partial charge in [0.05, 0.1) is 6.34 Å². The normalized spacial score (nSPS) is 21.7. The van der Waals surface area contributed by atoms with Crippen molar-refractivity contribution in [1.82, 2.24) is 14.9 Å². The predicted molar refractivity (Wildman–Crippen MR) is 91.8 cm³/mol. The van der Waals surface area contributed by atoms with Crippen molar-refractivity contribution in [1.29, 1.82) is 0 Å². The third-order valence-electron chi connectivity index (χ3n) is 4.89. The predicted octanol–water partition coefficient (Wildman–Crippen LogP) is 2.27. The molecular formula is C16H28N6. The van der Waals surface area contributed by atoms with Crippen LogP contribution in [0, 0.1) is 0 Å². The Labute approximate surface area is 133 Å². The molecule has 0 bridgehead atoms. The lowest BCUT2D eigenvalue weighted by molar-refractivity contribution is 0.443. The Hall–Kier alpha value is -1.56. The van der Waals surface area contributed by atoms with Gasteiger partial charge in [-0.15, -0.1) is 0 Å². The number of hydrogen-bond acceptors (Lipinski definition) is 5. The van der Waals surface area contributed by atoms with Gasteiger partial charge in [-0.2, -0.15) is 0 Å². The summed E-state index contributed by atoms with van der Waals surface area (Å²) in [6, 6.07) is 0.988. The molecule has 0 spiro atoms. The SMILES string of the molecule is CC(C)N(C)c1nc2c(n1C)N(C)C=NC2NC1CCCC1. The summed E-state index contributed by atoms with van der Waals surface area (Å²) < 4.78 is 2.17. The van der Waals surface area contributed by atoms with Crippen LogP contribution in [0.2, 0.25) is 0 Å². The first-order valence-corrected chi connectivity index (χ1v) is 8.30. The fraction of sp³-hybridized carbons (Fsp3) is 0.750. The Morgan fingerprint density at radius 3 is 2.59 bits per heavy atom. The zero-order valence-electron chi connectivity index (χ0n) is 14.4. The molecule has 1 atom stereocenters. The zero-order chi connectivity index (χ0) is 15.9. The Kier molecular flexibility index (Phi) is 4.12. The molecule has 122 valence electrons. The van der Waals surface area contributed by atoms with Crippen molar-refractivity contribution in [3.8, 4) is 0 Å². The number of rotatable bonds is 4. The van der Waals surface area contributed by atoms with Gasteiger partial charge in [-0.25, -0.2) is 9.98 Å². The van der Waals surface area contributed by atoms with Crippen LogP contribution in [0.1, 0.15) is 51.4 Å². The molecule has 1 saturated carbocycles. The molecule has 1 aliphatic heterocycles. The summed E-state index contributed by atoms with van der Waals surface area (Å²) in [4.78, 5) is 13.9. The van der Waals surface area contributed by atoms with Crippen molar-refractivity contribution in [2.75, 3.05) is 23.9 Å². The Morgan fingerprint density at radius 1 is 1.27 bits per heavy atom. The van der Waals surface area contributed by atoms with E-state index in [1.165, 1.54) is 25.7 Å². The minimum atomic E-state index is -0.0187. The number of nitrogens with one attached hydrogen (secondary N) is 1. The lowest BCUT2D eigenvalue weighted by Gasteiger charge is -2.27. The van der Waals surface area contributed by atoms with E-state index in [0.717, 1.165) is 17.5 Å². The first-order chi connectivity index (χ1) is 10.5. The lowest BCUT2D eigenvalue weighted by atomic mass is 10.2. The van der Waals surface area contributed by atoms with E-state index in [4.69, 9.17) is 4.98 Å². The molecule has 2 heterocycles. The lowest BCUT2D eigenvalue weighted by Crippen LogP contribution is -2.34. The quantitative estimate of drug-likeness (QED) is 0.927. The number of hydrogen-bond donors (Lipinski definition) is 1. The molecule has 1 unspecified atom stereocenters. The van der Waals surface area contributed by atoms with Crippen molar-refractivity contribution in [3.05, 3.63) is 5.69 Å². The molecule has 0 aromatic carbocycles. The zero-order valence-corrected chi connectivity index (χ0v) is 14.4.